The van der Waals surface area contributed by atoms with E-state index in [9.17, 15) is 14.7 Å². The highest BCUT2D eigenvalue weighted by Gasteiger charge is 2.21. The summed E-state index contributed by atoms with van der Waals surface area (Å²) in [5.74, 6) is -1.01. The standard InChI is InChI=1S/C15H18N2O4/c1-21-15(20)13(8-3-2-4-9-16)17-14(19)11-6-5-7-12(18)10-11/h5-7,10,13,18H,2-4,8H2,1H3,(H,17,19)/t13-/m0/s1. The van der Waals surface area contributed by atoms with E-state index in [4.69, 9.17) is 5.26 Å². The van der Waals surface area contributed by atoms with Crippen LogP contribution in [-0.4, -0.2) is 30.1 Å². The van der Waals surface area contributed by atoms with Crippen LogP contribution >= 0.6 is 0 Å². The highest BCUT2D eigenvalue weighted by Crippen LogP contribution is 2.12. The molecule has 0 unspecified atom stereocenters. The van der Waals surface area contributed by atoms with Crippen LogP contribution < -0.4 is 5.32 Å². The third-order valence-electron chi connectivity index (χ3n) is 2.93. The summed E-state index contributed by atoms with van der Waals surface area (Å²) in [6.07, 6.45) is 2.10. The Bertz CT molecular complexity index is 537. The van der Waals surface area contributed by atoms with Crippen molar-refractivity contribution in [1.29, 1.82) is 5.26 Å². The Morgan fingerprint density at radius 3 is 2.81 bits per heavy atom. The number of unbranched alkanes of at least 4 members (excludes halogenated alkanes) is 2. The Balaban J connectivity index is 2.65. The van der Waals surface area contributed by atoms with E-state index in [0.717, 1.165) is 0 Å². The minimum Gasteiger partial charge on any atom is -0.508 e. The number of phenols is 1. The number of hydrogen-bond acceptors (Lipinski definition) is 5. The monoisotopic (exact) mass is 290 g/mol. The first-order valence-electron chi connectivity index (χ1n) is 6.63. The number of nitriles is 1. The maximum Gasteiger partial charge on any atom is 0.328 e. The second-order valence-corrected chi connectivity index (χ2v) is 4.50. The van der Waals surface area contributed by atoms with Crippen LogP contribution in [0.2, 0.25) is 0 Å². The fraction of sp³-hybridized carbons (Fsp3) is 0.400. The van der Waals surface area contributed by atoms with Crippen LogP contribution in [0.5, 0.6) is 5.75 Å². The third-order valence-corrected chi connectivity index (χ3v) is 2.93. The van der Waals surface area contributed by atoms with E-state index < -0.39 is 17.9 Å². The van der Waals surface area contributed by atoms with Crippen molar-refractivity contribution in [2.24, 2.45) is 0 Å². The Labute approximate surface area is 123 Å². The van der Waals surface area contributed by atoms with Crippen LogP contribution in [-0.2, 0) is 9.53 Å². The number of benzene rings is 1. The summed E-state index contributed by atoms with van der Waals surface area (Å²) in [6, 6.07) is 7.13. The molecule has 112 valence electrons. The Hall–Kier alpha value is -2.55. The SMILES string of the molecule is COC(=O)[C@H](CCCCC#N)NC(=O)c1cccc(O)c1. The van der Waals surface area contributed by atoms with E-state index in [0.29, 0.717) is 25.7 Å². The van der Waals surface area contributed by atoms with Gasteiger partial charge in [0.15, 0.2) is 0 Å². The zero-order valence-corrected chi connectivity index (χ0v) is 11.8. The molecule has 0 spiro atoms. The lowest BCUT2D eigenvalue weighted by molar-refractivity contribution is -0.143. The molecule has 0 aromatic heterocycles. The van der Waals surface area contributed by atoms with Crippen LogP contribution in [0.4, 0.5) is 0 Å². The predicted octanol–water partition coefficient (Wildman–Crippen LogP) is 1.75. The van der Waals surface area contributed by atoms with E-state index in [2.05, 4.69) is 10.1 Å². The fourth-order valence-corrected chi connectivity index (χ4v) is 1.83. The van der Waals surface area contributed by atoms with Gasteiger partial charge in [0.25, 0.3) is 5.91 Å². The van der Waals surface area contributed by atoms with Gasteiger partial charge in [0, 0.05) is 12.0 Å². The normalized spacial score (nSPS) is 11.2. The molecular formula is C15H18N2O4. The van der Waals surface area contributed by atoms with Crippen molar-refractivity contribution in [3.63, 3.8) is 0 Å². The molecule has 0 aliphatic carbocycles. The van der Waals surface area contributed by atoms with Crippen LogP contribution in [0, 0.1) is 11.3 Å². The number of rotatable bonds is 7. The van der Waals surface area contributed by atoms with Gasteiger partial charge in [-0.1, -0.05) is 6.07 Å². The van der Waals surface area contributed by atoms with Gasteiger partial charge in [-0.3, -0.25) is 4.79 Å². The molecule has 0 aliphatic heterocycles. The van der Waals surface area contributed by atoms with Crippen LogP contribution in [0.1, 0.15) is 36.0 Å². The number of nitrogens with one attached hydrogen (secondary N) is 1. The number of esters is 1. The van der Waals surface area contributed by atoms with Crippen molar-refractivity contribution >= 4 is 11.9 Å². The van der Waals surface area contributed by atoms with Crippen molar-refractivity contribution in [2.45, 2.75) is 31.7 Å². The molecule has 0 bridgehead atoms. The molecule has 1 rings (SSSR count). The van der Waals surface area contributed by atoms with Gasteiger partial charge in [-0.05, 0) is 37.5 Å². The minimum absolute atomic E-state index is 0.0220. The highest BCUT2D eigenvalue weighted by molar-refractivity contribution is 5.97. The van der Waals surface area contributed by atoms with Gasteiger partial charge in [0.2, 0.25) is 0 Å². The molecule has 2 N–H and O–H groups in total. The smallest absolute Gasteiger partial charge is 0.328 e. The largest absolute Gasteiger partial charge is 0.508 e. The first-order chi connectivity index (χ1) is 10.1. The number of phenolic OH excluding ortho intramolecular Hbond substituents is 1. The number of nitrogens with zero attached hydrogens (tertiary/aromatic N) is 1. The van der Waals surface area contributed by atoms with E-state index in [1.54, 1.807) is 12.1 Å². The first-order valence-corrected chi connectivity index (χ1v) is 6.63. The number of carbonyl (C=O) groups excluding carboxylic acids is 2. The third kappa shape index (κ3) is 5.53. The maximum atomic E-state index is 12.0. The van der Waals surface area contributed by atoms with Crippen molar-refractivity contribution in [2.75, 3.05) is 7.11 Å². The minimum atomic E-state index is -0.761. The van der Waals surface area contributed by atoms with E-state index in [1.807, 2.05) is 6.07 Å². The van der Waals surface area contributed by atoms with E-state index >= 15 is 0 Å². The molecule has 0 saturated carbocycles. The van der Waals surface area contributed by atoms with E-state index in [1.165, 1.54) is 19.2 Å². The summed E-state index contributed by atoms with van der Waals surface area (Å²) in [5.41, 5.74) is 0.265. The zero-order chi connectivity index (χ0) is 15.7. The van der Waals surface area contributed by atoms with Crippen molar-refractivity contribution in [3.05, 3.63) is 29.8 Å². The van der Waals surface area contributed by atoms with Gasteiger partial charge in [-0.25, -0.2) is 4.79 Å². The number of ether oxygens (including phenoxy) is 1. The number of carbonyl (C=O) groups is 2. The lowest BCUT2D eigenvalue weighted by Gasteiger charge is -2.16. The van der Waals surface area contributed by atoms with Crippen molar-refractivity contribution in [1.82, 2.24) is 5.32 Å². The second-order valence-electron chi connectivity index (χ2n) is 4.50. The molecule has 0 saturated heterocycles. The zero-order valence-electron chi connectivity index (χ0n) is 11.8. The van der Waals surface area contributed by atoms with Gasteiger partial charge in [-0.2, -0.15) is 5.26 Å². The quantitative estimate of drug-likeness (QED) is 0.588. The van der Waals surface area contributed by atoms with Gasteiger partial charge < -0.3 is 15.2 Å². The average molecular weight is 290 g/mol. The van der Waals surface area contributed by atoms with Crippen LogP contribution in [0.15, 0.2) is 24.3 Å². The van der Waals surface area contributed by atoms with Gasteiger partial charge >= 0.3 is 5.97 Å². The lowest BCUT2D eigenvalue weighted by atomic mass is 10.1. The molecule has 0 aliphatic rings. The van der Waals surface area contributed by atoms with Crippen LogP contribution in [0.3, 0.4) is 0 Å². The van der Waals surface area contributed by atoms with Gasteiger partial charge in [0.1, 0.15) is 11.8 Å². The summed E-state index contributed by atoms with van der Waals surface area (Å²) in [6.45, 7) is 0. The molecule has 1 atom stereocenters. The number of methoxy groups -OCH3 is 1. The van der Waals surface area contributed by atoms with Crippen molar-refractivity contribution in [3.8, 4) is 11.8 Å². The summed E-state index contributed by atoms with van der Waals surface area (Å²) >= 11 is 0. The van der Waals surface area contributed by atoms with Gasteiger partial charge in [-0.15, -0.1) is 0 Å². The van der Waals surface area contributed by atoms with Gasteiger partial charge in [0.05, 0.1) is 13.2 Å². The average Bonchev–Trinajstić information content (AvgIpc) is 2.49. The summed E-state index contributed by atoms with van der Waals surface area (Å²) in [4.78, 5) is 23.7. The molecule has 0 radical (unpaired) electrons. The fourth-order valence-electron chi connectivity index (χ4n) is 1.83. The highest BCUT2D eigenvalue weighted by atomic mass is 16.5. The topological polar surface area (TPSA) is 99.4 Å². The second kappa shape index (κ2) is 8.59. The number of amides is 1. The molecule has 1 aromatic rings. The molecule has 6 heteroatoms. The summed E-state index contributed by atoms with van der Waals surface area (Å²) < 4.78 is 4.66. The molecule has 0 fully saturated rings. The summed E-state index contributed by atoms with van der Waals surface area (Å²) in [5, 5.41) is 20.4. The lowest BCUT2D eigenvalue weighted by Crippen LogP contribution is -2.41. The molecule has 1 amide bonds. The predicted molar refractivity (Wildman–Crippen MR) is 75.5 cm³/mol. The molecular weight excluding hydrogens is 272 g/mol. The van der Waals surface area contributed by atoms with Crippen molar-refractivity contribution < 1.29 is 19.4 Å². The number of aromatic hydroxyl groups is 1. The Kier molecular flexibility index (Phi) is 6.75. The molecule has 1 aromatic carbocycles. The Morgan fingerprint density at radius 1 is 1.43 bits per heavy atom. The van der Waals surface area contributed by atoms with Crippen LogP contribution in [0.25, 0.3) is 0 Å². The van der Waals surface area contributed by atoms with E-state index in [-0.39, 0.29) is 11.3 Å². The molecule has 21 heavy (non-hydrogen) atoms. The summed E-state index contributed by atoms with van der Waals surface area (Å²) in [7, 11) is 1.26. The number of hydrogen-bond donors (Lipinski definition) is 2. The first kappa shape index (κ1) is 16.5. The molecule has 0 heterocycles. The molecule has 6 nitrogen and oxygen atoms in total. The maximum absolute atomic E-state index is 12.0. The Morgan fingerprint density at radius 2 is 2.19 bits per heavy atom.